The topological polar surface area (TPSA) is 25.1 Å². The molecule has 0 amide bonds. The summed E-state index contributed by atoms with van der Waals surface area (Å²) in [4.78, 5) is 0. The molecule has 0 N–H and O–H groups in total. The third-order valence-electron chi connectivity index (χ3n) is 2.37. The molecule has 0 aromatic carbocycles. The van der Waals surface area contributed by atoms with Crippen molar-refractivity contribution in [3.8, 4) is 0 Å². The fraction of sp³-hybridized carbons (Fsp3) is 1.00. The molecule has 0 radical (unpaired) electrons. The lowest BCUT2D eigenvalue weighted by Gasteiger charge is -2.19. The normalized spacial score (nSPS) is 35.5. The van der Waals surface area contributed by atoms with Crippen LogP contribution in [0.15, 0.2) is 0 Å². The summed E-state index contributed by atoms with van der Waals surface area (Å²) >= 11 is 0. The molecule has 2 unspecified atom stereocenters. The highest BCUT2D eigenvalue weighted by Crippen LogP contribution is 2.30. The van der Waals surface area contributed by atoms with Crippen molar-refractivity contribution in [1.29, 1.82) is 0 Å². The van der Waals surface area contributed by atoms with E-state index in [1.807, 2.05) is 0 Å². The minimum Gasteiger partial charge on any atom is -0.373 e. The summed E-state index contributed by atoms with van der Waals surface area (Å²) in [6, 6.07) is 2.68. The van der Waals surface area contributed by atoms with Gasteiger partial charge in [-0.05, 0) is 12.1 Å². The molecule has 2 atom stereocenters. The van der Waals surface area contributed by atoms with E-state index in [-0.39, 0.29) is 0 Å². The summed E-state index contributed by atoms with van der Waals surface area (Å²) in [5, 5.41) is 0. The van der Waals surface area contributed by atoms with E-state index in [2.05, 4.69) is 13.1 Å². The summed E-state index contributed by atoms with van der Waals surface area (Å²) in [7, 11) is -0.954. The smallest absolute Gasteiger partial charge is 0.0786 e. The molecular formula is C8H16O2Si. The van der Waals surface area contributed by atoms with Crippen LogP contribution in [0.5, 0.6) is 0 Å². The average Bonchev–Trinajstić information content (AvgIpc) is 2.60. The fourth-order valence-corrected chi connectivity index (χ4v) is 4.79. The van der Waals surface area contributed by atoms with E-state index in [1.165, 1.54) is 12.1 Å². The molecule has 0 aliphatic carbocycles. The summed E-state index contributed by atoms with van der Waals surface area (Å²) in [5.41, 5.74) is 0. The number of hydrogen-bond acceptors (Lipinski definition) is 2. The van der Waals surface area contributed by atoms with Crippen LogP contribution in [-0.2, 0) is 9.47 Å². The standard InChI is InChI=1S/C8H16O2Si/c1-11(2,5-7-3-9-7)6-8-4-10-8/h7-8H,3-6H2,1-2H3. The van der Waals surface area contributed by atoms with Gasteiger partial charge in [-0.15, -0.1) is 0 Å². The third-order valence-corrected chi connectivity index (χ3v) is 5.49. The maximum Gasteiger partial charge on any atom is 0.0786 e. The molecule has 2 nitrogen and oxygen atoms in total. The zero-order valence-electron chi connectivity index (χ0n) is 7.30. The minimum absolute atomic E-state index is 0.621. The Morgan fingerprint density at radius 2 is 1.45 bits per heavy atom. The van der Waals surface area contributed by atoms with E-state index >= 15 is 0 Å². The lowest BCUT2D eigenvalue weighted by molar-refractivity contribution is 0.414. The van der Waals surface area contributed by atoms with Gasteiger partial charge in [-0.2, -0.15) is 0 Å². The van der Waals surface area contributed by atoms with E-state index in [0.717, 1.165) is 13.2 Å². The Hall–Kier alpha value is 0.137. The minimum atomic E-state index is -0.954. The van der Waals surface area contributed by atoms with Crippen LogP contribution < -0.4 is 0 Å². The Morgan fingerprint density at radius 3 is 1.73 bits per heavy atom. The van der Waals surface area contributed by atoms with Crippen LogP contribution in [0, 0.1) is 0 Å². The number of rotatable bonds is 4. The molecule has 2 saturated heterocycles. The fourth-order valence-electron chi connectivity index (χ4n) is 1.69. The van der Waals surface area contributed by atoms with Gasteiger partial charge in [0.05, 0.1) is 33.5 Å². The Labute approximate surface area is 68.9 Å². The van der Waals surface area contributed by atoms with Crippen molar-refractivity contribution in [1.82, 2.24) is 0 Å². The van der Waals surface area contributed by atoms with Gasteiger partial charge in [0.1, 0.15) is 0 Å². The molecule has 11 heavy (non-hydrogen) atoms. The molecule has 64 valence electrons. The van der Waals surface area contributed by atoms with Gasteiger partial charge in [-0.25, -0.2) is 0 Å². The van der Waals surface area contributed by atoms with Gasteiger partial charge in [-0.1, -0.05) is 13.1 Å². The van der Waals surface area contributed by atoms with Crippen LogP contribution in [0.4, 0.5) is 0 Å². The van der Waals surface area contributed by atoms with E-state index in [4.69, 9.17) is 9.47 Å². The molecule has 2 aliphatic heterocycles. The molecule has 0 saturated carbocycles. The van der Waals surface area contributed by atoms with Crippen molar-refractivity contribution in [2.24, 2.45) is 0 Å². The Morgan fingerprint density at radius 1 is 1.09 bits per heavy atom. The summed E-state index contributed by atoms with van der Waals surface area (Å²) in [6.45, 7) is 6.91. The Balaban J connectivity index is 1.75. The molecule has 2 heterocycles. The van der Waals surface area contributed by atoms with Crippen molar-refractivity contribution in [3.05, 3.63) is 0 Å². The molecule has 0 bridgehead atoms. The van der Waals surface area contributed by atoms with Gasteiger partial charge in [0, 0.05) is 0 Å². The van der Waals surface area contributed by atoms with Gasteiger partial charge in [0.15, 0.2) is 0 Å². The highest BCUT2D eigenvalue weighted by atomic mass is 28.3. The second-order valence-corrected chi connectivity index (χ2v) is 9.63. The number of hydrogen-bond donors (Lipinski definition) is 0. The van der Waals surface area contributed by atoms with Gasteiger partial charge in [0.25, 0.3) is 0 Å². The summed E-state index contributed by atoms with van der Waals surface area (Å²) < 4.78 is 10.5. The van der Waals surface area contributed by atoms with Gasteiger partial charge in [-0.3, -0.25) is 0 Å². The van der Waals surface area contributed by atoms with E-state index in [9.17, 15) is 0 Å². The zero-order chi connectivity index (χ0) is 7.90. The zero-order valence-corrected chi connectivity index (χ0v) is 8.30. The van der Waals surface area contributed by atoms with Crippen molar-refractivity contribution < 1.29 is 9.47 Å². The van der Waals surface area contributed by atoms with Gasteiger partial charge >= 0.3 is 0 Å². The van der Waals surface area contributed by atoms with Gasteiger partial charge < -0.3 is 9.47 Å². The van der Waals surface area contributed by atoms with Crippen molar-refractivity contribution >= 4 is 8.07 Å². The first-order valence-corrected chi connectivity index (χ1v) is 7.80. The molecule has 0 aromatic heterocycles. The predicted molar refractivity (Wildman–Crippen MR) is 46.6 cm³/mol. The van der Waals surface area contributed by atoms with Crippen molar-refractivity contribution in [2.75, 3.05) is 13.2 Å². The van der Waals surface area contributed by atoms with Crippen molar-refractivity contribution in [2.45, 2.75) is 37.4 Å². The first-order valence-electron chi connectivity index (χ1n) is 4.39. The van der Waals surface area contributed by atoms with E-state index < -0.39 is 8.07 Å². The molecular weight excluding hydrogens is 156 g/mol. The van der Waals surface area contributed by atoms with E-state index in [0.29, 0.717) is 12.2 Å². The maximum absolute atomic E-state index is 5.24. The summed E-state index contributed by atoms with van der Waals surface area (Å²) in [5.74, 6) is 0. The molecule has 2 fully saturated rings. The van der Waals surface area contributed by atoms with Crippen LogP contribution in [0.1, 0.15) is 0 Å². The predicted octanol–water partition coefficient (Wildman–Crippen LogP) is 1.49. The monoisotopic (exact) mass is 172 g/mol. The Bertz CT molecular complexity index is 134. The SMILES string of the molecule is C[Si](C)(CC1CO1)CC1CO1. The molecule has 3 heteroatoms. The Kier molecular flexibility index (Phi) is 1.82. The van der Waals surface area contributed by atoms with Crippen LogP contribution in [0.3, 0.4) is 0 Å². The summed E-state index contributed by atoms with van der Waals surface area (Å²) in [6.07, 6.45) is 1.24. The van der Waals surface area contributed by atoms with E-state index in [1.54, 1.807) is 0 Å². The van der Waals surface area contributed by atoms with Crippen LogP contribution >= 0.6 is 0 Å². The molecule has 0 aromatic rings. The molecule has 0 spiro atoms. The van der Waals surface area contributed by atoms with Crippen molar-refractivity contribution in [3.63, 3.8) is 0 Å². The highest BCUT2D eigenvalue weighted by Gasteiger charge is 2.37. The molecule has 2 aliphatic rings. The lowest BCUT2D eigenvalue weighted by atomic mass is 10.6. The second kappa shape index (κ2) is 2.57. The largest absolute Gasteiger partial charge is 0.373 e. The first kappa shape index (κ1) is 7.77. The maximum atomic E-state index is 5.24. The highest BCUT2D eigenvalue weighted by molar-refractivity contribution is 6.77. The second-order valence-electron chi connectivity index (χ2n) is 4.48. The molecule has 2 rings (SSSR count). The van der Waals surface area contributed by atoms with Crippen LogP contribution in [-0.4, -0.2) is 33.5 Å². The first-order chi connectivity index (χ1) is 5.16. The average molecular weight is 172 g/mol. The quantitative estimate of drug-likeness (QED) is 0.474. The van der Waals surface area contributed by atoms with Gasteiger partial charge in [0.2, 0.25) is 0 Å². The third kappa shape index (κ3) is 2.58. The lowest BCUT2D eigenvalue weighted by Crippen LogP contribution is -2.28. The number of epoxide rings is 2. The number of ether oxygens (including phenoxy) is 2. The van der Waals surface area contributed by atoms with Crippen LogP contribution in [0.2, 0.25) is 25.2 Å². The van der Waals surface area contributed by atoms with Crippen LogP contribution in [0.25, 0.3) is 0 Å².